The molecule has 2 N–H and O–H groups in total. The van der Waals surface area contributed by atoms with Gasteiger partial charge in [0, 0.05) is 10.9 Å². The summed E-state index contributed by atoms with van der Waals surface area (Å²) in [4.78, 5) is 34.5. The van der Waals surface area contributed by atoms with Gasteiger partial charge in [0.2, 0.25) is 5.91 Å². The zero-order valence-electron chi connectivity index (χ0n) is 18.5. The lowest BCUT2D eigenvalue weighted by molar-refractivity contribution is -0.146. The number of hydrogen-bond donors (Lipinski definition) is 2. The first-order chi connectivity index (χ1) is 16.7. The number of aryl methyl sites for hydroxylation is 1. The fourth-order valence-corrected chi connectivity index (χ4v) is 8.51. The molecule has 1 heterocycles. The number of aliphatic carboxylic acids is 1. The third kappa shape index (κ3) is 3.69. The fourth-order valence-electron chi connectivity index (χ4n) is 4.62. The maximum Gasteiger partial charge on any atom is 0.341 e. The molecule has 1 fully saturated rings. The highest BCUT2D eigenvalue weighted by atomic mass is 35.5. The summed E-state index contributed by atoms with van der Waals surface area (Å²) in [7, 11) is 0. The number of alkyl halides is 4. The molecule has 1 saturated carbocycles. The largest absolute Gasteiger partial charge is 0.481 e. The second kappa shape index (κ2) is 9.53. The Morgan fingerprint density at radius 1 is 1.03 bits per heavy atom. The molecule has 192 valence electrons. The summed E-state index contributed by atoms with van der Waals surface area (Å²) in [6, 6.07) is 7.41. The third-order valence-electron chi connectivity index (χ3n) is 6.35. The van der Waals surface area contributed by atoms with Crippen molar-refractivity contribution in [2.75, 3.05) is 11.9 Å². The number of ether oxygens (including phenoxy) is 1. The Balaban J connectivity index is 1.80. The van der Waals surface area contributed by atoms with Crippen molar-refractivity contribution in [2.45, 2.75) is 27.9 Å². The van der Waals surface area contributed by atoms with Crippen molar-refractivity contribution in [3.8, 4) is 11.1 Å². The molecule has 0 aliphatic heterocycles. The second-order valence-corrected chi connectivity index (χ2v) is 12.5. The second-order valence-electron chi connectivity index (χ2n) is 8.35. The van der Waals surface area contributed by atoms with Crippen LogP contribution in [0.1, 0.15) is 22.8 Å². The van der Waals surface area contributed by atoms with Crippen LogP contribution in [0.5, 0.6) is 0 Å². The molecule has 1 amide bonds. The predicted octanol–water partition coefficient (Wildman–Crippen LogP) is 7.00. The normalized spacial score (nSPS) is 28.3. The van der Waals surface area contributed by atoms with Gasteiger partial charge in [-0.05, 0) is 19.4 Å². The van der Waals surface area contributed by atoms with Crippen molar-refractivity contribution in [2.24, 2.45) is 11.8 Å². The van der Waals surface area contributed by atoms with Crippen LogP contribution < -0.4 is 5.32 Å². The monoisotopic (exact) mass is 629 g/mol. The molecule has 4 rings (SSSR count). The number of carbonyl (C=O) groups is 3. The number of halogens is 6. The van der Waals surface area contributed by atoms with Gasteiger partial charge in [0.15, 0.2) is 4.33 Å². The quantitative estimate of drug-likeness (QED) is 0.265. The Bertz CT molecular complexity index is 1310. The van der Waals surface area contributed by atoms with E-state index in [-0.39, 0.29) is 27.2 Å². The van der Waals surface area contributed by atoms with Crippen LogP contribution in [0.25, 0.3) is 11.1 Å². The molecular formula is C23H17Cl6NO5S. The number of rotatable bonds is 6. The Labute approximate surface area is 240 Å². The number of allylic oxidation sites excluding steroid dienone is 2. The Kier molecular flexibility index (Phi) is 7.37. The molecular weight excluding hydrogens is 615 g/mol. The van der Waals surface area contributed by atoms with Gasteiger partial charge in [-0.2, -0.15) is 0 Å². The highest BCUT2D eigenvalue weighted by molar-refractivity contribution is 7.15. The molecule has 1 aromatic carbocycles. The molecule has 0 spiro atoms. The van der Waals surface area contributed by atoms with E-state index in [0.29, 0.717) is 5.56 Å². The summed E-state index contributed by atoms with van der Waals surface area (Å²) < 4.78 is 2.97. The van der Waals surface area contributed by atoms with Crippen molar-refractivity contribution in [3.05, 3.63) is 50.8 Å². The van der Waals surface area contributed by atoms with Gasteiger partial charge in [0.05, 0.1) is 28.5 Å². The van der Waals surface area contributed by atoms with Crippen molar-refractivity contribution < 1.29 is 24.2 Å². The van der Waals surface area contributed by atoms with Crippen molar-refractivity contribution in [1.82, 2.24) is 0 Å². The van der Waals surface area contributed by atoms with E-state index in [4.69, 9.17) is 74.3 Å². The summed E-state index contributed by atoms with van der Waals surface area (Å²) in [5, 5.41) is 13.7. The van der Waals surface area contributed by atoms with Crippen LogP contribution in [-0.4, -0.2) is 43.6 Å². The summed E-state index contributed by atoms with van der Waals surface area (Å²) >= 11 is 39.9. The Morgan fingerprint density at radius 2 is 1.58 bits per heavy atom. The number of thiophene rings is 1. The van der Waals surface area contributed by atoms with Gasteiger partial charge in [-0.15, -0.1) is 34.5 Å². The molecule has 0 unspecified atom stereocenters. The van der Waals surface area contributed by atoms with Crippen LogP contribution in [0.4, 0.5) is 5.00 Å². The van der Waals surface area contributed by atoms with E-state index in [1.54, 1.807) is 12.3 Å². The van der Waals surface area contributed by atoms with Gasteiger partial charge in [0.25, 0.3) is 0 Å². The fraction of sp³-hybridized carbons (Fsp3) is 0.348. The number of nitrogens with one attached hydrogen (secondary N) is 1. The summed E-state index contributed by atoms with van der Waals surface area (Å²) in [5.74, 6) is -6.45. The maximum atomic E-state index is 13.6. The summed E-state index contributed by atoms with van der Waals surface area (Å²) in [6.45, 7) is 3.67. The zero-order valence-corrected chi connectivity index (χ0v) is 23.9. The Morgan fingerprint density at radius 3 is 2.11 bits per heavy atom. The topological polar surface area (TPSA) is 92.7 Å². The predicted molar refractivity (Wildman–Crippen MR) is 144 cm³/mol. The molecule has 2 aromatic rings. The molecule has 13 heteroatoms. The molecule has 2 aliphatic rings. The molecule has 0 saturated heterocycles. The van der Waals surface area contributed by atoms with E-state index < -0.39 is 43.8 Å². The molecule has 1 aromatic heterocycles. The molecule has 6 nitrogen and oxygen atoms in total. The first-order valence-corrected chi connectivity index (χ1v) is 13.6. The number of carbonyl (C=O) groups excluding carboxylic acids is 2. The van der Waals surface area contributed by atoms with E-state index >= 15 is 0 Å². The first-order valence-electron chi connectivity index (χ1n) is 10.5. The number of anilines is 1. The van der Waals surface area contributed by atoms with Gasteiger partial charge < -0.3 is 15.2 Å². The highest BCUT2D eigenvalue weighted by Crippen LogP contribution is 2.76. The number of carboxylic acid groups (broad SMARTS) is 1. The zero-order chi connectivity index (χ0) is 26.8. The lowest BCUT2D eigenvalue weighted by Crippen LogP contribution is -2.47. The van der Waals surface area contributed by atoms with Gasteiger partial charge in [-0.1, -0.05) is 76.2 Å². The average molecular weight is 632 g/mol. The average Bonchev–Trinajstić information content (AvgIpc) is 3.31. The number of amides is 1. The van der Waals surface area contributed by atoms with Gasteiger partial charge in [-0.25, -0.2) is 4.79 Å². The summed E-state index contributed by atoms with van der Waals surface area (Å²) in [6.07, 6.45) is 0. The van der Waals surface area contributed by atoms with Crippen molar-refractivity contribution >= 4 is 104 Å². The van der Waals surface area contributed by atoms with E-state index in [9.17, 15) is 19.5 Å². The lowest BCUT2D eigenvalue weighted by Gasteiger charge is -2.33. The molecule has 2 bridgehead atoms. The van der Waals surface area contributed by atoms with Crippen LogP contribution in [0.15, 0.2) is 39.7 Å². The standard InChI is InChI=1S/C23H17Cl6NO5S/c1-3-35-20(34)12-11(10-6-4-9(2)5-7-10)8-36-18(12)30-17(31)13-14(19(32)33)22(27)16(25)15(24)21(13,26)23(22,28)29/h4-8,13-14H,3H2,1-2H3,(H,30,31)(H,32,33)/t13-,14+,21+,22+/m1/s1. The molecule has 0 radical (unpaired) electrons. The molecule has 36 heavy (non-hydrogen) atoms. The minimum Gasteiger partial charge on any atom is -0.481 e. The minimum absolute atomic E-state index is 0.0958. The Hall–Kier alpha value is -1.19. The maximum absolute atomic E-state index is 13.6. The smallest absolute Gasteiger partial charge is 0.341 e. The highest BCUT2D eigenvalue weighted by Gasteiger charge is 2.85. The van der Waals surface area contributed by atoms with E-state index in [0.717, 1.165) is 22.5 Å². The van der Waals surface area contributed by atoms with E-state index in [2.05, 4.69) is 5.32 Å². The number of esters is 1. The van der Waals surface area contributed by atoms with Gasteiger partial charge >= 0.3 is 11.9 Å². The SMILES string of the molecule is CCOC(=O)c1c(-c2ccc(C)cc2)csc1NC(=O)[C@H]1[C@@H](C(=O)O)[C@]2(Cl)C(Cl)=C(Cl)[C@]1(Cl)C2(Cl)Cl. The van der Waals surface area contributed by atoms with Crippen LogP contribution in [0.2, 0.25) is 0 Å². The molecule has 4 atom stereocenters. The first kappa shape index (κ1) is 27.8. The third-order valence-corrected chi connectivity index (χ3v) is 11.5. The summed E-state index contributed by atoms with van der Waals surface area (Å²) in [5.41, 5.74) is 2.36. The van der Waals surface area contributed by atoms with Gasteiger partial charge in [0.1, 0.15) is 20.3 Å². The van der Waals surface area contributed by atoms with Crippen LogP contribution >= 0.6 is 80.9 Å². The number of hydrogen-bond acceptors (Lipinski definition) is 5. The lowest BCUT2D eigenvalue weighted by atomic mass is 9.81. The minimum atomic E-state index is -2.24. The number of carboxylic acids is 1. The van der Waals surface area contributed by atoms with Crippen molar-refractivity contribution in [3.63, 3.8) is 0 Å². The van der Waals surface area contributed by atoms with E-state index in [1.807, 2.05) is 31.2 Å². The number of fused-ring (bicyclic) bond motifs is 2. The molecule has 2 aliphatic carbocycles. The van der Waals surface area contributed by atoms with E-state index in [1.165, 1.54) is 0 Å². The van der Waals surface area contributed by atoms with Crippen LogP contribution in [-0.2, 0) is 14.3 Å². The van der Waals surface area contributed by atoms with Crippen molar-refractivity contribution in [1.29, 1.82) is 0 Å². The van der Waals surface area contributed by atoms with Crippen LogP contribution in [0.3, 0.4) is 0 Å². The van der Waals surface area contributed by atoms with Crippen LogP contribution in [0, 0.1) is 18.8 Å². The van der Waals surface area contributed by atoms with Gasteiger partial charge in [-0.3, -0.25) is 9.59 Å². The number of benzene rings is 1.